The SMILES string of the molecule is Cc1ncsc1-c1ccc(CNC(=O)[C@@H]2C[C@@H](O)CN2C(=O)[C@@H](NC(=O)CCOCCOCCOCCC(=O)NC23CC4CC(C2)C(NCCC(=O)N2Cc5ccc(F)cc5C2)(C4)C3)C(C)(C)C)cc1. The van der Waals surface area contributed by atoms with Crippen LogP contribution in [0.1, 0.15) is 101 Å². The van der Waals surface area contributed by atoms with Crippen molar-refractivity contribution in [3.63, 3.8) is 0 Å². The number of ether oxygens (including phenoxy) is 3. The molecule has 2 aliphatic heterocycles. The Bertz CT molecular complexity index is 2360. The van der Waals surface area contributed by atoms with Gasteiger partial charge in [-0.05, 0) is 90.7 Å². The third-order valence-electron chi connectivity index (χ3n) is 14.9. The van der Waals surface area contributed by atoms with Crippen LogP contribution in [-0.4, -0.2) is 131 Å². The minimum Gasteiger partial charge on any atom is -0.391 e. The molecule has 380 valence electrons. The van der Waals surface area contributed by atoms with Gasteiger partial charge >= 0.3 is 0 Å². The summed E-state index contributed by atoms with van der Waals surface area (Å²) in [4.78, 5) is 75.2. The van der Waals surface area contributed by atoms with Crippen LogP contribution in [0.25, 0.3) is 10.4 Å². The fourth-order valence-electron chi connectivity index (χ4n) is 11.7. The molecule has 2 aromatic carbocycles. The van der Waals surface area contributed by atoms with Crippen molar-refractivity contribution in [2.24, 2.45) is 17.3 Å². The fraction of sp³-hybridized carbons (Fsp3) is 0.615. The van der Waals surface area contributed by atoms with Crippen LogP contribution in [0.15, 0.2) is 48.0 Å². The predicted molar refractivity (Wildman–Crippen MR) is 260 cm³/mol. The number of aromatic nitrogens is 1. The number of nitrogens with zero attached hydrogens (tertiary/aromatic N) is 3. The summed E-state index contributed by atoms with van der Waals surface area (Å²) in [5.41, 5.74) is 5.63. The van der Waals surface area contributed by atoms with E-state index >= 15 is 0 Å². The number of likely N-dealkylation sites (tertiary alicyclic amines) is 1. The average Bonchev–Trinajstić information content (AvgIpc) is 4.13. The van der Waals surface area contributed by atoms with Crippen molar-refractivity contribution in [1.29, 1.82) is 0 Å². The maximum Gasteiger partial charge on any atom is 0.246 e. The number of nitrogens with one attached hydrogen (secondary N) is 4. The van der Waals surface area contributed by atoms with Gasteiger partial charge in [-0.2, -0.15) is 0 Å². The van der Waals surface area contributed by atoms with Gasteiger partial charge in [0.15, 0.2) is 0 Å². The van der Waals surface area contributed by atoms with E-state index in [0.717, 1.165) is 64.9 Å². The molecule has 4 unspecified atom stereocenters. The van der Waals surface area contributed by atoms with Crippen molar-refractivity contribution in [3.8, 4) is 10.4 Å². The minimum absolute atomic E-state index is 0.0114. The number of amides is 5. The van der Waals surface area contributed by atoms with Gasteiger partial charge in [0.25, 0.3) is 0 Å². The summed E-state index contributed by atoms with van der Waals surface area (Å²) in [6.07, 6.45) is 4.91. The maximum atomic E-state index is 14.0. The van der Waals surface area contributed by atoms with Crippen molar-refractivity contribution >= 4 is 40.9 Å². The summed E-state index contributed by atoms with van der Waals surface area (Å²) in [5, 5.41) is 23.5. The second-order valence-corrected chi connectivity index (χ2v) is 22.0. The van der Waals surface area contributed by atoms with Gasteiger partial charge < -0.3 is 50.4 Å². The van der Waals surface area contributed by atoms with Crippen molar-refractivity contribution in [2.45, 2.75) is 134 Å². The van der Waals surface area contributed by atoms with E-state index in [1.54, 1.807) is 22.3 Å². The average molecular weight is 988 g/mol. The number of aliphatic hydroxyl groups is 1. The molecule has 70 heavy (non-hydrogen) atoms. The monoisotopic (exact) mass is 987 g/mol. The van der Waals surface area contributed by atoms with Gasteiger partial charge in [0.1, 0.15) is 17.9 Å². The Morgan fingerprint density at radius 3 is 2.29 bits per heavy atom. The molecule has 16 nitrogen and oxygen atoms in total. The first-order valence-corrected chi connectivity index (χ1v) is 25.8. The number of carbonyl (C=O) groups is 5. The Balaban J connectivity index is 0.668. The molecule has 3 heterocycles. The minimum atomic E-state index is -0.939. The highest BCUT2D eigenvalue weighted by Crippen LogP contribution is 2.62. The number of rotatable bonds is 23. The molecule has 9 rings (SSSR count). The Labute approximate surface area is 414 Å². The predicted octanol–water partition coefficient (Wildman–Crippen LogP) is 4.54. The number of fused-ring (bicyclic) bond motifs is 1. The van der Waals surface area contributed by atoms with E-state index in [2.05, 4.69) is 26.3 Å². The summed E-state index contributed by atoms with van der Waals surface area (Å²) >= 11 is 1.57. The standard InChI is InChI=1S/C52H70FN7O9S/c1-33-46(70-32-55-33)36-7-5-34(6-8-36)27-54-48(65)42-23-41(61)30-60(42)49(66)47(50(2,3)4)57-43(62)12-15-67-17-19-69-20-18-68-16-13-44(63)58-51-24-35-21-39(26-51)52(25-35,31-51)56-14-11-45(64)59-28-37-9-10-40(53)22-38(37)29-59/h5-10,22,32,35,39,41-42,47,56,61H,11-21,23-31H2,1-4H3,(H,54,65)(H,57,62)(H,58,63)/t35?,39?,41-,42+,47-,51?,52?/m1/s1. The zero-order valence-corrected chi connectivity index (χ0v) is 41.8. The lowest BCUT2D eigenvalue weighted by molar-refractivity contribution is -0.144. The summed E-state index contributed by atoms with van der Waals surface area (Å²) in [6, 6.07) is 10.8. The van der Waals surface area contributed by atoms with Gasteiger partial charge in [-0.3, -0.25) is 24.0 Å². The number of aryl methyl sites for hydroxylation is 1. The second kappa shape index (κ2) is 22.3. The Kier molecular flexibility index (Phi) is 16.4. The van der Waals surface area contributed by atoms with Crippen LogP contribution in [-0.2, 0) is 57.8 Å². The first-order chi connectivity index (χ1) is 33.5. The molecule has 1 aromatic heterocycles. The molecular weight excluding hydrogens is 918 g/mol. The lowest BCUT2D eigenvalue weighted by Crippen LogP contribution is -2.57. The molecule has 1 saturated heterocycles. The van der Waals surface area contributed by atoms with E-state index in [1.165, 1.54) is 17.0 Å². The summed E-state index contributed by atoms with van der Waals surface area (Å²) in [6.45, 7) is 10.9. The van der Waals surface area contributed by atoms with Crippen molar-refractivity contribution in [3.05, 3.63) is 76.2 Å². The van der Waals surface area contributed by atoms with Gasteiger partial charge in [0, 0.05) is 69.5 Å². The fourth-order valence-corrected chi connectivity index (χ4v) is 12.5. The molecule has 0 spiro atoms. The number of carbonyl (C=O) groups excluding carboxylic acids is 5. The molecule has 3 aromatic rings. The lowest BCUT2D eigenvalue weighted by Gasteiger charge is -2.42. The number of hydrogen-bond donors (Lipinski definition) is 5. The van der Waals surface area contributed by atoms with Crippen LogP contribution in [0.2, 0.25) is 0 Å². The first-order valence-electron chi connectivity index (χ1n) is 24.9. The van der Waals surface area contributed by atoms with Crippen LogP contribution < -0.4 is 21.3 Å². The third kappa shape index (κ3) is 12.4. The molecule has 5 fully saturated rings. The molecule has 5 amide bonds. The van der Waals surface area contributed by atoms with Crippen LogP contribution in [0.4, 0.5) is 4.39 Å². The summed E-state index contributed by atoms with van der Waals surface area (Å²) < 4.78 is 30.7. The molecule has 7 atom stereocenters. The quantitative estimate of drug-likeness (QED) is 0.0837. The highest BCUT2D eigenvalue weighted by molar-refractivity contribution is 7.13. The van der Waals surface area contributed by atoms with Gasteiger partial charge in [-0.25, -0.2) is 9.37 Å². The van der Waals surface area contributed by atoms with Gasteiger partial charge in [-0.15, -0.1) is 11.3 Å². The van der Waals surface area contributed by atoms with Crippen LogP contribution >= 0.6 is 11.3 Å². The molecular formula is C52H70FN7O9S. The van der Waals surface area contributed by atoms with E-state index < -0.39 is 29.5 Å². The van der Waals surface area contributed by atoms with Crippen LogP contribution in [0, 0.1) is 30.0 Å². The van der Waals surface area contributed by atoms with Gasteiger partial charge in [0.2, 0.25) is 29.5 Å². The van der Waals surface area contributed by atoms with E-state index in [1.807, 2.05) is 57.5 Å². The zero-order valence-electron chi connectivity index (χ0n) is 41.0. The lowest BCUT2D eigenvalue weighted by atomic mass is 9.74. The van der Waals surface area contributed by atoms with E-state index in [9.17, 15) is 33.5 Å². The Morgan fingerprint density at radius 2 is 1.59 bits per heavy atom. The van der Waals surface area contributed by atoms with Gasteiger partial charge in [0.05, 0.1) is 61.8 Å². The van der Waals surface area contributed by atoms with Crippen molar-refractivity contribution < 1.29 is 47.7 Å². The van der Waals surface area contributed by atoms with Crippen molar-refractivity contribution in [2.75, 3.05) is 52.7 Å². The number of hydrogen-bond acceptors (Lipinski definition) is 12. The van der Waals surface area contributed by atoms with Crippen LogP contribution in [0.3, 0.4) is 0 Å². The third-order valence-corrected chi connectivity index (χ3v) is 15.9. The maximum absolute atomic E-state index is 14.0. The van der Waals surface area contributed by atoms with Crippen molar-refractivity contribution in [1.82, 2.24) is 36.1 Å². The molecule has 18 heteroatoms. The smallest absolute Gasteiger partial charge is 0.246 e. The number of β-amino-alcohol motifs (C(OH)–C–C–N with tert-alkyl or cyclic N) is 1. The van der Waals surface area contributed by atoms with Crippen LogP contribution in [0.5, 0.6) is 0 Å². The molecule has 6 aliphatic rings. The first kappa shape index (κ1) is 51.5. The highest BCUT2D eigenvalue weighted by atomic mass is 32.1. The molecule has 4 saturated carbocycles. The van der Waals surface area contributed by atoms with E-state index in [0.29, 0.717) is 51.1 Å². The van der Waals surface area contributed by atoms with E-state index in [4.69, 9.17) is 14.2 Å². The number of benzene rings is 2. The normalized spacial score (nSPS) is 24.8. The Morgan fingerprint density at radius 1 is 0.886 bits per heavy atom. The largest absolute Gasteiger partial charge is 0.391 e. The number of aliphatic hydroxyl groups excluding tert-OH is 1. The summed E-state index contributed by atoms with van der Waals surface area (Å²) in [5.74, 6) is -0.374. The second-order valence-electron chi connectivity index (χ2n) is 21.2. The Hall–Kier alpha value is -4.85. The van der Waals surface area contributed by atoms with Gasteiger partial charge in [-0.1, -0.05) is 51.1 Å². The zero-order chi connectivity index (χ0) is 49.6. The molecule has 4 bridgehead atoms. The molecule has 4 aliphatic carbocycles. The highest BCUT2D eigenvalue weighted by Gasteiger charge is 2.64. The number of thiazole rings is 1. The molecule has 0 radical (unpaired) electrons. The van der Waals surface area contributed by atoms with E-state index in [-0.39, 0.29) is 99.3 Å². The number of halogens is 1. The topological polar surface area (TPSA) is 201 Å². The summed E-state index contributed by atoms with van der Waals surface area (Å²) in [7, 11) is 0. The molecule has 5 N–H and O–H groups in total.